The predicted molar refractivity (Wildman–Crippen MR) is 69.6 cm³/mol. The zero-order valence-corrected chi connectivity index (χ0v) is 11.4. The first-order chi connectivity index (χ1) is 8.07. The maximum absolute atomic E-state index is 9.64. The molecular formula is C14H25N3. The van der Waals surface area contributed by atoms with Gasteiger partial charge in [0.1, 0.15) is 5.54 Å². The van der Waals surface area contributed by atoms with Crippen molar-refractivity contribution in [2.75, 3.05) is 13.1 Å². The Morgan fingerprint density at radius 1 is 1.41 bits per heavy atom. The van der Waals surface area contributed by atoms with E-state index in [1.165, 1.54) is 25.7 Å². The molecule has 2 aliphatic rings. The summed E-state index contributed by atoms with van der Waals surface area (Å²) < 4.78 is 0. The molecule has 2 unspecified atom stereocenters. The molecule has 2 rings (SSSR count). The van der Waals surface area contributed by atoms with Crippen LogP contribution in [0.2, 0.25) is 0 Å². The average molecular weight is 235 g/mol. The van der Waals surface area contributed by atoms with Gasteiger partial charge in [0.05, 0.1) is 6.07 Å². The van der Waals surface area contributed by atoms with Crippen molar-refractivity contribution in [1.82, 2.24) is 10.2 Å². The van der Waals surface area contributed by atoms with Gasteiger partial charge < -0.3 is 0 Å². The van der Waals surface area contributed by atoms with Crippen LogP contribution in [0.4, 0.5) is 0 Å². The number of hydrogen-bond acceptors (Lipinski definition) is 3. The van der Waals surface area contributed by atoms with Crippen molar-refractivity contribution in [3.8, 4) is 6.07 Å². The lowest BCUT2D eigenvalue weighted by molar-refractivity contribution is 0.183. The third-order valence-corrected chi connectivity index (χ3v) is 4.16. The number of nitrogens with one attached hydrogen (secondary N) is 1. The van der Waals surface area contributed by atoms with E-state index in [-0.39, 0.29) is 5.54 Å². The molecule has 0 aromatic heterocycles. The van der Waals surface area contributed by atoms with Gasteiger partial charge in [-0.1, -0.05) is 0 Å². The molecule has 0 aromatic carbocycles. The van der Waals surface area contributed by atoms with E-state index in [1.807, 2.05) is 0 Å². The third-order valence-electron chi connectivity index (χ3n) is 4.16. The lowest BCUT2D eigenvalue weighted by Gasteiger charge is -2.35. The van der Waals surface area contributed by atoms with Crippen molar-refractivity contribution in [2.45, 2.75) is 64.1 Å². The Morgan fingerprint density at radius 3 is 2.53 bits per heavy atom. The van der Waals surface area contributed by atoms with Crippen LogP contribution in [0.5, 0.6) is 0 Å². The normalized spacial score (nSPS) is 29.2. The molecule has 1 saturated carbocycles. The van der Waals surface area contributed by atoms with Crippen LogP contribution in [0.3, 0.4) is 0 Å². The molecule has 0 radical (unpaired) electrons. The first kappa shape index (κ1) is 12.9. The molecule has 0 bridgehead atoms. The van der Waals surface area contributed by atoms with E-state index in [0.29, 0.717) is 18.0 Å². The Labute approximate surface area is 105 Å². The molecule has 3 nitrogen and oxygen atoms in total. The minimum Gasteiger partial charge on any atom is -0.298 e. The number of rotatable bonds is 5. The molecule has 0 spiro atoms. The van der Waals surface area contributed by atoms with E-state index in [2.05, 4.69) is 37.1 Å². The smallest absolute Gasteiger partial charge is 0.122 e. The largest absolute Gasteiger partial charge is 0.298 e. The van der Waals surface area contributed by atoms with Gasteiger partial charge in [0, 0.05) is 18.6 Å². The summed E-state index contributed by atoms with van der Waals surface area (Å²) in [5.41, 5.74) is -0.299. The molecule has 2 atom stereocenters. The summed E-state index contributed by atoms with van der Waals surface area (Å²) in [5, 5.41) is 13.2. The summed E-state index contributed by atoms with van der Waals surface area (Å²) in [6.07, 6.45) is 5.01. The molecule has 17 heavy (non-hydrogen) atoms. The van der Waals surface area contributed by atoms with E-state index >= 15 is 0 Å². The Balaban J connectivity index is 2.07. The summed E-state index contributed by atoms with van der Waals surface area (Å²) in [5.74, 6) is 0.572. The van der Waals surface area contributed by atoms with Crippen LogP contribution < -0.4 is 5.32 Å². The standard InChI is InChI=1S/C14H25N3/c1-11(2)16-14(9-15,13-6-7-13)10-17-8-4-5-12(17)3/h11-13,16H,4-8,10H2,1-3H3. The van der Waals surface area contributed by atoms with Crippen molar-refractivity contribution in [3.05, 3.63) is 0 Å². The highest BCUT2D eigenvalue weighted by Gasteiger charge is 2.47. The zero-order valence-electron chi connectivity index (χ0n) is 11.4. The SMILES string of the molecule is CC(C)NC(C#N)(CN1CCCC1C)C1CC1. The van der Waals surface area contributed by atoms with Gasteiger partial charge in [-0.25, -0.2) is 0 Å². The molecule has 96 valence electrons. The molecule has 2 fully saturated rings. The number of hydrogen-bond donors (Lipinski definition) is 1. The highest BCUT2D eigenvalue weighted by atomic mass is 15.2. The lowest BCUT2D eigenvalue weighted by Crippen LogP contribution is -2.57. The fourth-order valence-corrected chi connectivity index (χ4v) is 3.09. The monoisotopic (exact) mass is 235 g/mol. The van der Waals surface area contributed by atoms with Crippen molar-refractivity contribution in [1.29, 1.82) is 5.26 Å². The first-order valence-corrected chi connectivity index (χ1v) is 7.00. The summed E-state index contributed by atoms with van der Waals surface area (Å²) in [6, 6.07) is 3.63. The molecule has 0 aromatic rings. The first-order valence-electron chi connectivity index (χ1n) is 7.00. The van der Waals surface area contributed by atoms with Gasteiger partial charge in [-0.15, -0.1) is 0 Å². The molecule has 1 N–H and O–H groups in total. The second-order valence-corrected chi connectivity index (χ2v) is 6.12. The van der Waals surface area contributed by atoms with Gasteiger partial charge in [0.2, 0.25) is 0 Å². The van der Waals surface area contributed by atoms with Gasteiger partial charge in [0.15, 0.2) is 0 Å². The van der Waals surface area contributed by atoms with Gasteiger partial charge in [0.25, 0.3) is 0 Å². The van der Waals surface area contributed by atoms with Gasteiger partial charge in [-0.05, 0) is 58.9 Å². The zero-order chi connectivity index (χ0) is 12.5. The fraction of sp³-hybridized carbons (Fsp3) is 0.929. The van der Waals surface area contributed by atoms with Crippen LogP contribution in [0.25, 0.3) is 0 Å². The van der Waals surface area contributed by atoms with E-state index in [4.69, 9.17) is 0 Å². The van der Waals surface area contributed by atoms with Gasteiger partial charge in [-0.3, -0.25) is 10.2 Å². The van der Waals surface area contributed by atoms with E-state index in [0.717, 1.165) is 13.1 Å². The van der Waals surface area contributed by atoms with Crippen LogP contribution in [-0.2, 0) is 0 Å². The fourth-order valence-electron chi connectivity index (χ4n) is 3.09. The van der Waals surface area contributed by atoms with Crippen molar-refractivity contribution in [2.24, 2.45) is 5.92 Å². The van der Waals surface area contributed by atoms with E-state index in [9.17, 15) is 5.26 Å². The van der Waals surface area contributed by atoms with Crippen molar-refractivity contribution < 1.29 is 0 Å². The van der Waals surface area contributed by atoms with Crippen LogP contribution >= 0.6 is 0 Å². The van der Waals surface area contributed by atoms with Crippen LogP contribution in [0, 0.1) is 17.2 Å². The topological polar surface area (TPSA) is 39.1 Å². The molecular weight excluding hydrogens is 210 g/mol. The predicted octanol–water partition coefficient (Wildman–Crippen LogP) is 2.14. The number of likely N-dealkylation sites (tertiary alicyclic amines) is 1. The maximum Gasteiger partial charge on any atom is 0.122 e. The maximum atomic E-state index is 9.64. The second kappa shape index (κ2) is 4.96. The molecule has 1 aliphatic heterocycles. The highest BCUT2D eigenvalue weighted by Crippen LogP contribution is 2.41. The second-order valence-electron chi connectivity index (χ2n) is 6.12. The summed E-state index contributed by atoms with van der Waals surface area (Å²) in [6.45, 7) is 8.64. The lowest BCUT2D eigenvalue weighted by atomic mass is 9.92. The Kier molecular flexibility index (Phi) is 3.75. The van der Waals surface area contributed by atoms with Gasteiger partial charge in [-0.2, -0.15) is 5.26 Å². The van der Waals surface area contributed by atoms with Crippen molar-refractivity contribution >= 4 is 0 Å². The molecule has 1 saturated heterocycles. The van der Waals surface area contributed by atoms with Crippen molar-refractivity contribution in [3.63, 3.8) is 0 Å². The Morgan fingerprint density at radius 2 is 2.12 bits per heavy atom. The number of nitrogens with zero attached hydrogens (tertiary/aromatic N) is 2. The van der Waals surface area contributed by atoms with E-state index in [1.54, 1.807) is 0 Å². The van der Waals surface area contributed by atoms with Crippen LogP contribution in [0.1, 0.15) is 46.5 Å². The van der Waals surface area contributed by atoms with Gasteiger partial charge >= 0.3 is 0 Å². The summed E-state index contributed by atoms with van der Waals surface area (Å²) >= 11 is 0. The minimum atomic E-state index is -0.299. The Bertz CT molecular complexity index is 303. The van der Waals surface area contributed by atoms with Crippen LogP contribution in [-0.4, -0.2) is 35.6 Å². The number of nitriles is 1. The summed E-state index contributed by atoms with van der Waals surface area (Å²) in [7, 11) is 0. The minimum absolute atomic E-state index is 0.299. The molecule has 0 amide bonds. The van der Waals surface area contributed by atoms with Crippen LogP contribution in [0.15, 0.2) is 0 Å². The highest BCUT2D eigenvalue weighted by molar-refractivity contribution is 5.17. The Hall–Kier alpha value is -0.590. The quantitative estimate of drug-likeness (QED) is 0.793. The summed E-state index contributed by atoms with van der Waals surface area (Å²) in [4.78, 5) is 2.50. The molecule has 3 heteroatoms. The van der Waals surface area contributed by atoms with E-state index < -0.39 is 0 Å². The molecule has 1 heterocycles. The third kappa shape index (κ3) is 2.81. The average Bonchev–Trinajstić information content (AvgIpc) is 3.04. The molecule has 1 aliphatic carbocycles.